The molecule has 1 atom stereocenters. The quantitative estimate of drug-likeness (QED) is 0.507. The van der Waals surface area contributed by atoms with Gasteiger partial charge in [0.05, 0.1) is 26.5 Å². The standard InChI is InChI=1S/C27H29N3O4/c1-32-22-12-8-11-21(15-22)18-30(27(31)28-17-20-9-4-3-5-10-20)19-23-16-25(29-34-23)24-13-6-7-14-26(24)33-2/h3-15,23H,16-19H2,1-2H3,(H,28,31). The maximum absolute atomic E-state index is 13.2. The second-order valence-electron chi connectivity index (χ2n) is 8.05. The summed E-state index contributed by atoms with van der Waals surface area (Å²) in [6.45, 7) is 1.25. The number of carbonyl (C=O) groups excluding carboxylic acids is 1. The number of ether oxygens (including phenoxy) is 2. The summed E-state index contributed by atoms with van der Waals surface area (Å²) in [6.07, 6.45) is 0.328. The summed E-state index contributed by atoms with van der Waals surface area (Å²) in [4.78, 5) is 20.7. The topological polar surface area (TPSA) is 72.4 Å². The van der Waals surface area contributed by atoms with Crippen LogP contribution in [0.25, 0.3) is 0 Å². The Bertz CT molecular complexity index is 1130. The minimum absolute atomic E-state index is 0.166. The summed E-state index contributed by atoms with van der Waals surface area (Å²) in [7, 11) is 3.27. The minimum atomic E-state index is -0.256. The van der Waals surface area contributed by atoms with Crippen LogP contribution in [0, 0.1) is 0 Å². The molecule has 0 saturated heterocycles. The van der Waals surface area contributed by atoms with E-state index in [0.29, 0.717) is 26.1 Å². The van der Waals surface area contributed by atoms with Gasteiger partial charge in [0.2, 0.25) is 0 Å². The maximum atomic E-state index is 13.2. The van der Waals surface area contributed by atoms with Crippen LogP contribution in [0.5, 0.6) is 11.5 Å². The molecule has 2 amide bonds. The van der Waals surface area contributed by atoms with Crippen molar-refractivity contribution in [2.24, 2.45) is 5.16 Å². The van der Waals surface area contributed by atoms with Gasteiger partial charge < -0.3 is 24.5 Å². The van der Waals surface area contributed by atoms with Gasteiger partial charge in [0.15, 0.2) is 6.10 Å². The monoisotopic (exact) mass is 459 g/mol. The van der Waals surface area contributed by atoms with Crippen molar-refractivity contribution in [2.45, 2.75) is 25.6 Å². The molecule has 1 N–H and O–H groups in total. The molecule has 1 heterocycles. The fourth-order valence-corrected chi connectivity index (χ4v) is 3.91. The molecule has 1 aliphatic rings. The van der Waals surface area contributed by atoms with Gasteiger partial charge in [-0.3, -0.25) is 0 Å². The molecule has 7 nitrogen and oxygen atoms in total. The van der Waals surface area contributed by atoms with Crippen LogP contribution < -0.4 is 14.8 Å². The van der Waals surface area contributed by atoms with Gasteiger partial charge in [0.1, 0.15) is 11.5 Å². The van der Waals surface area contributed by atoms with E-state index >= 15 is 0 Å². The first-order valence-corrected chi connectivity index (χ1v) is 11.2. The van der Waals surface area contributed by atoms with E-state index in [2.05, 4.69) is 10.5 Å². The second kappa shape index (κ2) is 11.2. The zero-order chi connectivity index (χ0) is 23.8. The van der Waals surface area contributed by atoms with Crippen LogP contribution in [-0.4, -0.2) is 43.5 Å². The van der Waals surface area contributed by atoms with Gasteiger partial charge >= 0.3 is 6.03 Å². The van der Waals surface area contributed by atoms with E-state index in [-0.39, 0.29) is 12.1 Å². The van der Waals surface area contributed by atoms with E-state index in [1.165, 1.54) is 0 Å². The van der Waals surface area contributed by atoms with Crippen LogP contribution >= 0.6 is 0 Å². The lowest BCUT2D eigenvalue weighted by atomic mass is 10.0. The van der Waals surface area contributed by atoms with Gasteiger partial charge in [-0.25, -0.2) is 4.79 Å². The summed E-state index contributed by atoms with van der Waals surface area (Å²) in [5.74, 6) is 1.50. The van der Waals surface area contributed by atoms with Gasteiger partial charge in [-0.05, 0) is 35.4 Å². The fraction of sp³-hybridized carbons (Fsp3) is 0.259. The third kappa shape index (κ3) is 5.86. The molecule has 0 aromatic heterocycles. The highest BCUT2D eigenvalue weighted by Crippen LogP contribution is 2.25. The van der Waals surface area contributed by atoms with Gasteiger partial charge in [-0.1, -0.05) is 59.8 Å². The molecule has 176 valence electrons. The van der Waals surface area contributed by atoms with Crippen molar-refractivity contribution >= 4 is 11.7 Å². The van der Waals surface area contributed by atoms with Crippen molar-refractivity contribution in [3.8, 4) is 11.5 Å². The van der Waals surface area contributed by atoms with E-state index in [0.717, 1.165) is 33.9 Å². The molecule has 7 heteroatoms. The zero-order valence-electron chi connectivity index (χ0n) is 19.4. The Labute approximate surface area is 199 Å². The number of nitrogens with zero attached hydrogens (tertiary/aromatic N) is 2. The number of rotatable bonds is 9. The van der Waals surface area contributed by atoms with Gasteiger partial charge in [0, 0.05) is 25.1 Å². The molecule has 0 fully saturated rings. The minimum Gasteiger partial charge on any atom is -0.497 e. The van der Waals surface area contributed by atoms with Crippen molar-refractivity contribution in [3.05, 3.63) is 95.6 Å². The number of para-hydroxylation sites is 1. The van der Waals surface area contributed by atoms with Crippen molar-refractivity contribution in [3.63, 3.8) is 0 Å². The molecule has 1 unspecified atom stereocenters. The second-order valence-corrected chi connectivity index (χ2v) is 8.05. The molecular weight excluding hydrogens is 430 g/mol. The molecule has 0 spiro atoms. The third-order valence-electron chi connectivity index (χ3n) is 5.66. The van der Waals surface area contributed by atoms with Gasteiger partial charge in [0.25, 0.3) is 0 Å². The van der Waals surface area contributed by atoms with E-state index in [9.17, 15) is 4.79 Å². The first-order valence-electron chi connectivity index (χ1n) is 11.2. The maximum Gasteiger partial charge on any atom is 0.318 e. The average molecular weight is 460 g/mol. The number of hydrogen-bond donors (Lipinski definition) is 1. The van der Waals surface area contributed by atoms with Crippen molar-refractivity contribution in [1.82, 2.24) is 10.2 Å². The molecule has 34 heavy (non-hydrogen) atoms. The van der Waals surface area contributed by atoms with Crippen LogP contribution in [-0.2, 0) is 17.9 Å². The summed E-state index contributed by atoms with van der Waals surface area (Å²) in [6, 6.07) is 25.1. The van der Waals surface area contributed by atoms with Crippen LogP contribution in [0.2, 0.25) is 0 Å². The molecule has 0 saturated carbocycles. The van der Waals surface area contributed by atoms with Crippen molar-refractivity contribution in [1.29, 1.82) is 0 Å². The molecular formula is C27H29N3O4. The fourth-order valence-electron chi connectivity index (χ4n) is 3.91. The van der Waals surface area contributed by atoms with E-state index < -0.39 is 0 Å². The lowest BCUT2D eigenvalue weighted by molar-refractivity contribution is 0.0589. The van der Waals surface area contributed by atoms with Gasteiger partial charge in [-0.15, -0.1) is 0 Å². The number of oxime groups is 1. The van der Waals surface area contributed by atoms with E-state index in [4.69, 9.17) is 14.3 Å². The summed E-state index contributed by atoms with van der Waals surface area (Å²) in [5, 5.41) is 7.32. The Balaban J connectivity index is 1.45. The number of amides is 2. The van der Waals surface area contributed by atoms with Gasteiger partial charge in [-0.2, -0.15) is 0 Å². The predicted octanol–water partition coefficient (Wildman–Crippen LogP) is 4.61. The van der Waals surface area contributed by atoms with Crippen molar-refractivity contribution in [2.75, 3.05) is 20.8 Å². The highest BCUT2D eigenvalue weighted by atomic mass is 16.6. The highest BCUT2D eigenvalue weighted by Gasteiger charge is 2.28. The third-order valence-corrected chi connectivity index (χ3v) is 5.66. The lowest BCUT2D eigenvalue weighted by Crippen LogP contribution is -2.43. The summed E-state index contributed by atoms with van der Waals surface area (Å²) in [5.41, 5.74) is 3.73. The normalized spacial score (nSPS) is 14.6. The number of carbonyl (C=O) groups is 1. The van der Waals surface area contributed by atoms with Crippen LogP contribution in [0.3, 0.4) is 0 Å². The summed E-state index contributed by atoms with van der Waals surface area (Å²) < 4.78 is 10.8. The number of urea groups is 1. The number of nitrogens with one attached hydrogen (secondary N) is 1. The summed E-state index contributed by atoms with van der Waals surface area (Å²) >= 11 is 0. The van der Waals surface area contributed by atoms with E-state index in [1.54, 1.807) is 19.1 Å². The van der Waals surface area contributed by atoms with Crippen LogP contribution in [0.1, 0.15) is 23.1 Å². The number of hydrogen-bond acceptors (Lipinski definition) is 5. The molecule has 1 aliphatic heterocycles. The highest BCUT2D eigenvalue weighted by molar-refractivity contribution is 6.03. The zero-order valence-corrected chi connectivity index (χ0v) is 19.4. The van der Waals surface area contributed by atoms with Crippen molar-refractivity contribution < 1.29 is 19.1 Å². The average Bonchev–Trinajstić information content (AvgIpc) is 3.36. The number of benzene rings is 3. The smallest absolute Gasteiger partial charge is 0.318 e. The molecule has 0 radical (unpaired) electrons. The molecule has 0 aliphatic carbocycles. The predicted molar refractivity (Wildman–Crippen MR) is 131 cm³/mol. The Morgan fingerprint density at radius 3 is 2.56 bits per heavy atom. The lowest BCUT2D eigenvalue weighted by Gasteiger charge is -2.25. The van der Waals surface area contributed by atoms with Crippen LogP contribution in [0.4, 0.5) is 4.79 Å². The van der Waals surface area contributed by atoms with Crippen LogP contribution in [0.15, 0.2) is 84.0 Å². The SMILES string of the molecule is COc1cccc(CN(CC2CC(c3ccccc3OC)=NO2)C(=O)NCc2ccccc2)c1. The Kier molecular flexibility index (Phi) is 7.65. The molecule has 4 rings (SSSR count). The Morgan fingerprint density at radius 1 is 1.00 bits per heavy atom. The Hall–Kier alpha value is -4.00. The molecule has 0 bridgehead atoms. The molecule has 3 aromatic carbocycles. The number of methoxy groups -OCH3 is 2. The molecule has 3 aromatic rings. The Morgan fingerprint density at radius 2 is 1.76 bits per heavy atom. The largest absolute Gasteiger partial charge is 0.497 e. The first-order chi connectivity index (χ1) is 16.7. The first kappa shape index (κ1) is 23.2. The van der Waals surface area contributed by atoms with E-state index in [1.807, 2.05) is 78.9 Å².